The molecule has 4 heteroatoms. The number of nitrogens with zero attached hydrogens (tertiary/aromatic N) is 2. The van der Waals surface area contributed by atoms with Crippen LogP contribution in [-0.2, 0) is 4.79 Å². The Hall–Kier alpha value is -3.79. The molecular weight excluding hydrogens is 408 g/mol. The SMILES string of the molecule is CC(C)(CCC(N=C(c1ccccc1)c1ccccc1)c1ccnc2ccccc12)C(=O)O. The second-order valence-corrected chi connectivity index (χ2v) is 8.87. The molecular formula is C29H28N2O2. The van der Waals surface area contributed by atoms with Crippen LogP contribution in [0, 0.1) is 5.41 Å². The Labute approximate surface area is 194 Å². The van der Waals surface area contributed by atoms with E-state index < -0.39 is 11.4 Å². The Bertz CT molecular complexity index is 1220. The van der Waals surface area contributed by atoms with E-state index in [1.165, 1.54) is 0 Å². The van der Waals surface area contributed by atoms with Gasteiger partial charge in [-0.05, 0) is 44.4 Å². The van der Waals surface area contributed by atoms with Crippen LogP contribution in [0.5, 0.6) is 0 Å². The van der Waals surface area contributed by atoms with Crippen molar-refractivity contribution in [2.45, 2.75) is 32.7 Å². The average Bonchev–Trinajstić information content (AvgIpc) is 2.85. The van der Waals surface area contributed by atoms with E-state index in [0.717, 1.165) is 33.3 Å². The summed E-state index contributed by atoms with van der Waals surface area (Å²) >= 11 is 0. The van der Waals surface area contributed by atoms with Crippen molar-refractivity contribution in [3.8, 4) is 0 Å². The zero-order chi connectivity index (χ0) is 23.3. The van der Waals surface area contributed by atoms with Crippen LogP contribution in [0.25, 0.3) is 10.9 Å². The molecule has 0 aliphatic rings. The maximum Gasteiger partial charge on any atom is 0.309 e. The first kappa shape index (κ1) is 22.4. The fourth-order valence-corrected chi connectivity index (χ4v) is 3.97. The molecule has 4 nitrogen and oxygen atoms in total. The number of carbonyl (C=O) groups is 1. The fraction of sp³-hybridized carbons (Fsp3) is 0.207. The normalized spacial score (nSPS) is 12.3. The summed E-state index contributed by atoms with van der Waals surface area (Å²) in [5, 5.41) is 10.7. The number of carboxylic acid groups (broad SMARTS) is 1. The van der Waals surface area contributed by atoms with Crippen LogP contribution in [0.15, 0.2) is 102 Å². The number of rotatable bonds is 8. The van der Waals surface area contributed by atoms with Crippen LogP contribution in [0.3, 0.4) is 0 Å². The number of hydrogen-bond acceptors (Lipinski definition) is 3. The van der Waals surface area contributed by atoms with Crippen molar-refractivity contribution in [1.29, 1.82) is 0 Å². The van der Waals surface area contributed by atoms with Crippen molar-refractivity contribution in [3.63, 3.8) is 0 Å². The number of hydrogen-bond donors (Lipinski definition) is 1. The van der Waals surface area contributed by atoms with Crippen LogP contribution >= 0.6 is 0 Å². The molecule has 166 valence electrons. The van der Waals surface area contributed by atoms with E-state index >= 15 is 0 Å². The van der Waals surface area contributed by atoms with Gasteiger partial charge in [0.2, 0.25) is 0 Å². The van der Waals surface area contributed by atoms with Gasteiger partial charge in [-0.15, -0.1) is 0 Å². The second kappa shape index (κ2) is 9.78. The number of aromatic nitrogens is 1. The molecule has 0 aliphatic heterocycles. The van der Waals surface area contributed by atoms with Gasteiger partial charge in [-0.1, -0.05) is 78.9 Å². The standard InChI is InChI=1S/C29H28N2O2/c1-29(2,28(32)33)19-17-26(24-18-20-30-25-16-10-9-15-23(24)25)31-27(21-11-5-3-6-12-21)22-13-7-4-8-14-22/h3-16,18,20,26H,17,19H2,1-2H3,(H,32,33). The summed E-state index contributed by atoms with van der Waals surface area (Å²) in [4.78, 5) is 21.6. The van der Waals surface area contributed by atoms with E-state index in [9.17, 15) is 9.90 Å². The molecule has 3 aromatic carbocycles. The monoisotopic (exact) mass is 436 g/mol. The molecule has 0 radical (unpaired) electrons. The van der Waals surface area contributed by atoms with Crippen LogP contribution in [0.2, 0.25) is 0 Å². The molecule has 0 bridgehead atoms. The Morgan fingerprint density at radius 1 is 0.879 bits per heavy atom. The number of carboxylic acids is 1. The summed E-state index contributed by atoms with van der Waals surface area (Å²) in [6.45, 7) is 3.55. The minimum Gasteiger partial charge on any atom is -0.481 e. The van der Waals surface area contributed by atoms with Gasteiger partial charge in [0.05, 0.1) is 22.7 Å². The molecule has 0 spiro atoms. The van der Waals surface area contributed by atoms with Gasteiger partial charge in [-0.25, -0.2) is 0 Å². The van der Waals surface area contributed by atoms with E-state index in [0.29, 0.717) is 12.8 Å². The highest BCUT2D eigenvalue weighted by atomic mass is 16.4. The van der Waals surface area contributed by atoms with Crippen molar-refractivity contribution in [2.24, 2.45) is 10.4 Å². The first-order valence-electron chi connectivity index (χ1n) is 11.2. The highest BCUT2D eigenvalue weighted by Crippen LogP contribution is 2.34. The second-order valence-electron chi connectivity index (χ2n) is 8.87. The van der Waals surface area contributed by atoms with E-state index in [1.807, 2.05) is 66.9 Å². The Morgan fingerprint density at radius 3 is 2.06 bits per heavy atom. The van der Waals surface area contributed by atoms with Crippen molar-refractivity contribution >= 4 is 22.6 Å². The number of para-hydroxylation sites is 1. The maximum absolute atomic E-state index is 11.8. The maximum atomic E-state index is 11.8. The molecule has 0 amide bonds. The molecule has 0 saturated heterocycles. The largest absolute Gasteiger partial charge is 0.481 e. The zero-order valence-corrected chi connectivity index (χ0v) is 19.0. The molecule has 1 aromatic heterocycles. The predicted octanol–water partition coefficient (Wildman–Crippen LogP) is 6.70. The minimum atomic E-state index is -0.837. The predicted molar refractivity (Wildman–Crippen MR) is 134 cm³/mol. The first-order chi connectivity index (χ1) is 16.0. The zero-order valence-electron chi connectivity index (χ0n) is 19.0. The third kappa shape index (κ3) is 5.17. The molecule has 1 unspecified atom stereocenters. The molecule has 4 rings (SSSR count). The summed E-state index contributed by atoms with van der Waals surface area (Å²) in [5.74, 6) is -0.795. The van der Waals surface area contributed by atoms with Crippen LogP contribution in [0.4, 0.5) is 0 Å². The smallest absolute Gasteiger partial charge is 0.309 e. The molecule has 33 heavy (non-hydrogen) atoms. The lowest BCUT2D eigenvalue weighted by atomic mass is 9.84. The van der Waals surface area contributed by atoms with Crippen LogP contribution in [-0.4, -0.2) is 21.8 Å². The third-order valence-corrected chi connectivity index (χ3v) is 6.04. The highest BCUT2D eigenvalue weighted by molar-refractivity contribution is 6.13. The quantitative estimate of drug-likeness (QED) is 0.312. The number of aliphatic carboxylic acids is 1. The van der Waals surface area contributed by atoms with E-state index in [2.05, 4.69) is 35.3 Å². The highest BCUT2D eigenvalue weighted by Gasteiger charge is 2.29. The van der Waals surface area contributed by atoms with E-state index in [-0.39, 0.29) is 6.04 Å². The molecule has 1 N–H and O–H groups in total. The van der Waals surface area contributed by atoms with Crippen molar-refractivity contribution < 1.29 is 9.90 Å². The Balaban J connectivity index is 1.87. The van der Waals surface area contributed by atoms with Gasteiger partial charge in [-0.3, -0.25) is 14.8 Å². The molecule has 1 heterocycles. The van der Waals surface area contributed by atoms with E-state index in [4.69, 9.17) is 4.99 Å². The number of benzene rings is 3. The van der Waals surface area contributed by atoms with Gasteiger partial charge >= 0.3 is 5.97 Å². The van der Waals surface area contributed by atoms with Crippen molar-refractivity contribution in [3.05, 3.63) is 114 Å². The van der Waals surface area contributed by atoms with E-state index in [1.54, 1.807) is 13.8 Å². The third-order valence-electron chi connectivity index (χ3n) is 6.04. The summed E-state index contributed by atoms with van der Waals surface area (Å²) < 4.78 is 0. The molecule has 0 saturated carbocycles. The fourth-order valence-electron chi connectivity index (χ4n) is 3.97. The molecule has 0 aliphatic carbocycles. The molecule has 4 aromatic rings. The Morgan fingerprint density at radius 2 is 1.45 bits per heavy atom. The van der Waals surface area contributed by atoms with Crippen molar-refractivity contribution in [2.75, 3.05) is 0 Å². The minimum absolute atomic E-state index is 0.216. The number of aliphatic imine (C=N–C) groups is 1. The molecule has 1 atom stereocenters. The summed E-state index contributed by atoms with van der Waals surface area (Å²) in [6.07, 6.45) is 2.92. The van der Waals surface area contributed by atoms with Gasteiger partial charge in [0.15, 0.2) is 0 Å². The average molecular weight is 437 g/mol. The topological polar surface area (TPSA) is 62.5 Å². The lowest BCUT2D eigenvalue weighted by molar-refractivity contribution is -0.147. The summed E-state index contributed by atoms with van der Waals surface area (Å²) in [7, 11) is 0. The van der Waals surface area contributed by atoms with Gasteiger partial charge in [0.25, 0.3) is 0 Å². The van der Waals surface area contributed by atoms with Crippen LogP contribution in [0.1, 0.15) is 49.4 Å². The first-order valence-corrected chi connectivity index (χ1v) is 11.2. The number of pyridine rings is 1. The summed E-state index contributed by atoms with van der Waals surface area (Å²) in [6, 6.07) is 30.1. The lowest BCUT2D eigenvalue weighted by Crippen LogP contribution is -2.24. The lowest BCUT2D eigenvalue weighted by Gasteiger charge is -2.23. The summed E-state index contributed by atoms with van der Waals surface area (Å²) in [5.41, 5.74) is 4.10. The van der Waals surface area contributed by atoms with Crippen molar-refractivity contribution in [1.82, 2.24) is 4.98 Å². The number of fused-ring (bicyclic) bond motifs is 1. The molecule has 0 fully saturated rings. The van der Waals surface area contributed by atoms with Gasteiger partial charge in [-0.2, -0.15) is 0 Å². The van der Waals surface area contributed by atoms with Gasteiger partial charge in [0.1, 0.15) is 0 Å². The van der Waals surface area contributed by atoms with Gasteiger partial charge < -0.3 is 5.11 Å². The Kier molecular flexibility index (Phi) is 6.64. The van der Waals surface area contributed by atoms with Crippen LogP contribution < -0.4 is 0 Å². The van der Waals surface area contributed by atoms with Gasteiger partial charge in [0, 0.05) is 22.7 Å².